The van der Waals surface area contributed by atoms with Crippen molar-refractivity contribution in [3.8, 4) is 17.1 Å². The number of nitrogens with zero attached hydrogens (tertiary/aromatic N) is 3. The average molecular weight is 475 g/mol. The van der Waals surface area contributed by atoms with Gasteiger partial charge in [-0.15, -0.1) is 21.5 Å². The number of rotatable bonds is 10. The molecule has 0 atom stereocenters. The van der Waals surface area contributed by atoms with E-state index >= 15 is 0 Å². The number of methoxy groups -OCH3 is 1. The van der Waals surface area contributed by atoms with Gasteiger partial charge in [0.1, 0.15) is 10.8 Å². The lowest BCUT2D eigenvalue weighted by Crippen LogP contribution is -2.16. The Balaban J connectivity index is 1.69. The fourth-order valence-corrected chi connectivity index (χ4v) is 4.83. The summed E-state index contributed by atoms with van der Waals surface area (Å²) in [5, 5.41) is 12.6. The van der Waals surface area contributed by atoms with Crippen molar-refractivity contribution < 1.29 is 19.1 Å². The van der Waals surface area contributed by atoms with Gasteiger partial charge in [0.25, 0.3) is 0 Å². The van der Waals surface area contributed by atoms with Gasteiger partial charge in [0.2, 0.25) is 5.91 Å². The van der Waals surface area contributed by atoms with Crippen LogP contribution in [0, 0.1) is 0 Å². The number of hydrogen-bond donors (Lipinski definition) is 1. The van der Waals surface area contributed by atoms with Gasteiger partial charge in [0.05, 0.1) is 25.0 Å². The van der Waals surface area contributed by atoms with E-state index in [1.54, 1.807) is 6.07 Å². The number of esters is 1. The molecule has 1 aromatic carbocycles. The lowest BCUT2D eigenvalue weighted by molar-refractivity contribution is -0.113. The Morgan fingerprint density at radius 1 is 1.16 bits per heavy atom. The first-order chi connectivity index (χ1) is 15.5. The number of amides is 1. The molecular formula is C22H26N4O4S2. The molecule has 2 heterocycles. The Morgan fingerprint density at radius 2 is 1.91 bits per heavy atom. The largest absolute Gasteiger partial charge is 0.494 e. The minimum absolute atomic E-state index is 0.140. The van der Waals surface area contributed by atoms with Gasteiger partial charge in [0.15, 0.2) is 11.0 Å². The van der Waals surface area contributed by atoms with Crippen LogP contribution >= 0.6 is 23.1 Å². The molecule has 1 amide bonds. The van der Waals surface area contributed by atoms with E-state index in [9.17, 15) is 9.59 Å². The molecular weight excluding hydrogens is 448 g/mol. The molecule has 10 heteroatoms. The molecule has 0 unspecified atom stereocenters. The van der Waals surface area contributed by atoms with Crippen LogP contribution in [0.5, 0.6) is 5.75 Å². The fraction of sp³-hybridized carbons (Fsp3) is 0.364. The zero-order valence-electron chi connectivity index (χ0n) is 18.5. The van der Waals surface area contributed by atoms with Crippen LogP contribution in [0.2, 0.25) is 0 Å². The van der Waals surface area contributed by atoms with E-state index in [-0.39, 0.29) is 11.7 Å². The second-order valence-corrected chi connectivity index (χ2v) is 8.72. The Labute approximate surface area is 195 Å². The highest BCUT2D eigenvalue weighted by Gasteiger charge is 2.19. The molecule has 0 aliphatic carbocycles. The van der Waals surface area contributed by atoms with Crippen LogP contribution in [0.1, 0.15) is 36.0 Å². The summed E-state index contributed by atoms with van der Waals surface area (Å²) in [6.07, 6.45) is 0.771. The fourth-order valence-electron chi connectivity index (χ4n) is 3.02. The van der Waals surface area contributed by atoms with Gasteiger partial charge < -0.3 is 19.4 Å². The van der Waals surface area contributed by atoms with E-state index in [2.05, 4.69) is 15.5 Å². The number of ether oxygens (including phenoxy) is 2. The summed E-state index contributed by atoms with van der Waals surface area (Å²) in [6, 6.07) is 9.45. The molecule has 0 saturated carbocycles. The Kier molecular flexibility index (Phi) is 8.29. The number of thioether (sulfide) groups is 1. The number of hydrogen-bond acceptors (Lipinski definition) is 8. The molecule has 0 saturated heterocycles. The number of thiophene rings is 1. The van der Waals surface area contributed by atoms with Crippen LogP contribution in [-0.2, 0) is 22.5 Å². The Morgan fingerprint density at radius 3 is 2.53 bits per heavy atom. The number of benzene rings is 1. The molecule has 0 bridgehead atoms. The van der Waals surface area contributed by atoms with E-state index < -0.39 is 5.97 Å². The van der Waals surface area contributed by atoms with Gasteiger partial charge in [-0.05, 0) is 50.6 Å². The normalized spacial score (nSPS) is 10.8. The quantitative estimate of drug-likeness (QED) is 0.341. The summed E-state index contributed by atoms with van der Waals surface area (Å²) in [5.74, 6) is 0.988. The van der Waals surface area contributed by atoms with Gasteiger partial charge in [0, 0.05) is 17.0 Å². The van der Waals surface area contributed by atoms with E-state index in [0.717, 1.165) is 28.4 Å². The van der Waals surface area contributed by atoms with Crippen LogP contribution in [0.3, 0.4) is 0 Å². The molecule has 0 spiro atoms. The van der Waals surface area contributed by atoms with Crippen LogP contribution < -0.4 is 10.1 Å². The summed E-state index contributed by atoms with van der Waals surface area (Å²) >= 11 is 2.68. The number of aromatic nitrogens is 3. The molecule has 32 heavy (non-hydrogen) atoms. The molecule has 2 aromatic heterocycles. The smallest absolute Gasteiger partial charge is 0.340 e. The van der Waals surface area contributed by atoms with Crippen molar-refractivity contribution in [1.29, 1.82) is 0 Å². The molecule has 8 nitrogen and oxygen atoms in total. The van der Waals surface area contributed by atoms with Crippen molar-refractivity contribution in [1.82, 2.24) is 14.8 Å². The van der Waals surface area contributed by atoms with E-state index in [1.165, 1.54) is 30.2 Å². The topological polar surface area (TPSA) is 95.3 Å². The number of nitrogens with one attached hydrogen (secondary N) is 1. The Hall–Kier alpha value is -2.85. The number of anilines is 1. The van der Waals surface area contributed by atoms with Gasteiger partial charge in [-0.2, -0.15) is 0 Å². The third-order valence-corrected chi connectivity index (χ3v) is 6.74. The first-order valence-corrected chi connectivity index (χ1v) is 12.1. The van der Waals surface area contributed by atoms with Crippen molar-refractivity contribution in [3.05, 3.63) is 40.8 Å². The summed E-state index contributed by atoms with van der Waals surface area (Å²) in [6.45, 7) is 7.22. The summed E-state index contributed by atoms with van der Waals surface area (Å²) in [4.78, 5) is 25.6. The summed E-state index contributed by atoms with van der Waals surface area (Å²) in [5.41, 5.74) is 1.30. The minimum atomic E-state index is -0.463. The number of carbonyl (C=O) groups excluding carboxylic acids is 2. The van der Waals surface area contributed by atoms with Crippen LogP contribution in [0.15, 0.2) is 35.5 Å². The van der Waals surface area contributed by atoms with Crippen molar-refractivity contribution in [3.63, 3.8) is 0 Å². The molecule has 3 rings (SSSR count). The van der Waals surface area contributed by atoms with Crippen molar-refractivity contribution >= 4 is 40.0 Å². The molecule has 3 aromatic rings. The highest BCUT2D eigenvalue weighted by Crippen LogP contribution is 2.30. The SMILES string of the molecule is CCOc1ccc(-c2nnc(SCC(=O)Nc3sc(CC)cc3C(=O)OC)n2CC)cc1. The predicted molar refractivity (Wildman–Crippen MR) is 127 cm³/mol. The first kappa shape index (κ1) is 23.8. The monoisotopic (exact) mass is 474 g/mol. The molecule has 170 valence electrons. The molecule has 0 fully saturated rings. The van der Waals surface area contributed by atoms with Gasteiger partial charge >= 0.3 is 5.97 Å². The molecule has 0 aliphatic rings. The van der Waals surface area contributed by atoms with Crippen molar-refractivity contribution in [2.24, 2.45) is 0 Å². The standard InChI is InChI=1S/C22H26N4O4S2/c1-5-16-12-17(21(28)29-4)20(32-16)23-18(27)13-31-22-25-24-19(26(22)6-2)14-8-10-15(11-9-14)30-7-3/h8-12H,5-7,13H2,1-4H3,(H,23,27). The molecule has 0 aliphatic heterocycles. The van der Waals surface area contributed by atoms with Crippen molar-refractivity contribution in [2.45, 2.75) is 38.9 Å². The van der Waals surface area contributed by atoms with Gasteiger partial charge in [-0.3, -0.25) is 4.79 Å². The minimum Gasteiger partial charge on any atom is -0.494 e. The van der Waals surface area contributed by atoms with Crippen LogP contribution in [0.4, 0.5) is 5.00 Å². The lowest BCUT2D eigenvalue weighted by atomic mass is 10.2. The Bertz CT molecular complexity index is 1080. The van der Waals surface area contributed by atoms with Gasteiger partial charge in [-0.25, -0.2) is 4.79 Å². The highest BCUT2D eigenvalue weighted by atomic mass is 32.2. The second-order valence-electron chi connectivity index (χ2n) is 6.65. The van der Waals surface area contributed by atoms with Crippen LogP contribution in [0.25, 0.3) is 11.4 Å². The van der Waals surface area contributed by atoms with E-state index in [1.807, 2.05) is 49.6 Å². The van der Waals surface area contributed by atoms with Crippen LogP contribution in [-0.4, -0.2) is 46.1 Å². The highest BCUT2D eigenvalue weighted by molar-refractivity contribution is 7.99. The summed E-state index contributed by atoms with van der Waals surface area (Å²) in [7, 11) is 1.33. The molecule has 0 radical (unpaired) electrons. The molecule has 1 N–H and O–H groups in total. The van der Waals surface area contributed by atoms with Crippen molar-refractivity contribution in [2.75, 3.05) is 24.8 Å². The lowest BCUT2D eigenvalue weighted by Gasteiger charge is -2.09. The maximum Gasteiger partial charge on any atom is 0.340 e. The van der Waals surface area contributed by atoms with Gasteiger partial charge in [-0.1, -0.05) is 18.7 Å². The van der Waals surface area contributed by atoms with E-state index in [4.69, 9.17) is 9.47 Å². The third-order valence-electron chi connectivity index (χ3n) is 4.58. The maximum absolute atomic E-state index is 12.6. The second kappa shape index (κ2) is 11.1. The average Bonchev–Trinajstić information content (AvgIpc) is 3.41. The maximum atomic E-state index is 12.6. The predicted octanol–water partition coefficient (Wildman–Crippen LogP) is 4.51. The zero-order valence-corrected chi connectivity index (χ0v) is 20.1. The summed E-state index contributed by atoms with van der Waals surface area (Å²) < 4.78 is 12.3. The van der Waals surface area contributed by atoms with E-state index in [0.29, 0.717) is 28.9 Å². The zero-order chi connectivity index (χ0) is 23.1. The number of carbonyl (C=O) groups is 2. The third kappa shape index (κ3) is 5.49. The number of aryl methyl sites for hydroxylation is 1. The first-order valence-electron chi connectivity index (χ1n) is 10.3.